The average Bonchev–Trinajstić information content (AvgIpc) is 3.15. The minimum atomic E-state index is -4.57. The third-order valence-corrected chi connectivity index (χ3v) is 6.65. The molecule has 0 radical (unpaired) electrons. The molecule has 33 heavy (non-hydrogen) atoms. The van der Waals surface area contributed by atoms with Gasteiger partial charge in [-0.25, -0.2) is 0 Å². The van der Waals surface area contributed by atoms with Gasteiger partial charge in [0, 0.05) is 37.4 Å². The number of alkyl halides is 3. The zero-order valence-corrected chi connectivity index (χ0v) is 19.6. The number of benzene rings is 2. The molecule has 9 heteroatoms. The fourth-order valence-corrected chi connectivity index (χ4v) is 5.09. The number of halogens is 4. The van der Waals surface area contributed by atoms with Crippen molar-refractivity contribution in [2.75, 3.05) is 36.5 Å². The lowest BCUT2D eigenvalue weighted by Gasteiger charge is -2.38. The van der Waals surface area contributed by atoms with Gasteiger partial charge >= 0.3 is 6.18 Å². The van der Waals surface area contributed by atoms with Gasteiger partial charge in [-0.3, -0.25) is 4.79 Å². The van der Waals surface area contributed by atoms with Gasteiger partial charge < -0.3 is 19.9 Å². The molecule has 2 aliphatic heterocycles. The zero-order valence-electron chi connectivity index (χ0n) is 18.8. The summed E-state index contributed by atoms with van der Waals surface area (Å²) in [7, 11) is 1.63. The lowest BCUT2D eigenvalue weighted by molar-refractivity contribution is -0.137. The van der Waals surface area contributed by atoms with E-state index in [9.17, 15) is 18.0 Å². The topological polar surface area (TPSA) is 44.8 Å². The molecule has 5 nitrogen and oxygen atoms in total. The van der Waals surface area contributed by atoms with Crippen molar-refractivity contribution in [2.45, 2.75) is 44.9 Å². The molecule has 0 saturated carbocycles. The van der Waals surface area contributed by atoms with Crippen LogP contribution in [0.3, 0.4) is 0 Å². The third-order valence-electron chi connectivity index (χ3n) is 6.20. The quantitative estimate of drug-likeness (QED) is 0.688. The van der Waals surface area contributed by atoms with Crippen LogP contribution in [-0.4, -0.2) is 44.7 Å². The van der Waals surface area contributed by atoms with Gasteiger partial charge in [0.05, 0.1) is 29.8 Å². The first-order chi connectivity index (χ1) is 15.6. The van der Waals surface area contributed by atoms with Crippen molar-refractivity contribution in [3.8, 4) is 5.75 Å². The number of anilines is 2. The Morgan fingerprint density at radius 1 is 1.18 bits per heavy atom. The molecule has 2 unspecified atom stereocenters. The summed E-state index contributed by atoms with van der Waals surface area (Å²) in [6.07, 6.45) is -4.12. The first-order valence-electron chi connectivity index (χ1n) is 10.9. The summed E-state index contributed by atoms with van der Waals surface area (Å²) in [5.41, 5.74) is 1.91. The smallest absolute Gasteiger partial charge is 0.417 e. The molecule has 4 rings (SSSR count). The number of rotatable bonds is 4. The van der Waals surface area contributed by atoms with Crippen LogP contribution in [0.25, 0.3) is 0 Å². The number of methoxy groups -OCH3 is 1. The van der Waals surface area contributed by atoms with Gasteiger partial charge in [0.2, 0.25) is 5.91 Å². The number of nitrogens with zero attached hydrogens (tertiary/aromatic N) is 2. The van der Waals surface area contributed by atoms with Crippen molar-refractivity contribution in [1.82, 2.24) is 5.32 Å². The Hall–Kier alpha value is -2.45. The van der Waals surface area contributed by atoms with Crippen LogP contribution in [0, 0.1) is 0 Å². The van der Waals surface area contributed by atoms with Crippen LogP contribution in [0.1, 0.15) is 30.5 Å². The van der Waals surface area contributed by atoms with Crippen molar-refractivity contribution >= 4 is 28.9 Å². The molecule has 178 valence electrons. The Balaban J connectivity index is 1.62. The summed E-state index contributed by atoms with van der Waals surface area (Å²) in [6, 6.07) is 8.21. The van der Waals surface area contributed by atoms with Gasteiger partial charge in [-0.2, -0.15) is 13.2 Å². The molecule has 2 aromatic carbocycles. The number of hydrogen-bond donors (Lipinski definition) is 1. The monoisotopic (exact) mass is 481 g/mol. The molecule has 1 saturated heterocycles. The lowest BCUT2D eigenvalue weighted by atomic mass is 10.1. The second kappa shape index (κ2) is 9.06. The molecule has 2 heterocycles. The van der Waals surface area contributed by atoms with E-state index in [4.69, 9.17) is 16.3 Å². The Morgan fingerprint density at radius 2 is 1.88 bits per heavy atom. The molecule has 1 amide bonds. The maximum Gasteiger partial charge on any atom is 0.417 e. The largest absolute Gasteiger partial charge is 0.495 e. The van der Waals surface area contributed by atoms with E-state index in [1.165, 1.54) is 12.1 Å². The fourth-order valence-electron chi connectivity index (χ4n) is 4.79. The molecule has 2 aliphatic rings. The molecule has 0 spiro atoms. The zero-order chi connectivity index (χ0) is 23.9. The lowest BCUT2D eigenvalue weighted by Crippen LogP contribution is -2.54. The van der Waals surface area contributed by atoms with Crippen molar-refractivity contribution < 1.29 is 22.7 Å². The van der Waals surface area contributed by atoms with Crippen LogP contribution in [0.15, 0.2) is 30.3 Å². The number of ether oxygens (including phenoxy) is 1. The van der Waals surface area contributed by atoms with Crippen molar-refractivity contribution in [1.29, 1.82) is 0 Å². The fraction of sp³-hybridized carbons (Fsp3) is 0.458. The highest BCUT2D eigenvalue weighted by atomic mass is 35.5. The normalized spacial score (nSPS) is 20.7. The SMILES string of the molecule is COc1cc2c(cc1N1CC(C)NC(C)C1)N(C(=O)Cc1cccc(C(F)(F)F)c1Cl)CC2. The highest BCUT2D eigenvalue weighted by molar-refractivity contribution is 6.32. The number of piperazine rings is 1. The number of carbonyl (C=O) groups excluding carboxylic acids is 1. The first-order valence-corrected chi connectivity index (χ1v) is 11.3. The standard InChI is InChI=1S/C24H27ClF3N3O2/c1-14-12-30(13-15(2)29-14)20-11-19-16(9-21(20)33-3)7-8-31(19)22(32)10-17-5-4-6-18(23(17)25)24(26,27)28/h4-6,9,11,14-15,29H,7-8,10,12-13H2,1-3H3. The van der Waals surface area contributed by atoms with Crippen LogP contribution >= 0.6 is 11.6 Å². The maximum absolute atomic E-state index is 13.2. The maximum atomic E-state index is 13.2. The molecule has 2 atom stereocenters. The Kier molecular flexibility index (Phi) is 6.51. The molecule has 1 N–H and O–H groups in total. The molecule has 0 bridgehead atoms. The Morgan fingerprint density at radius 3 is 2.52 bits per heavy atom. The van der Waals surface area contributed by atoms with Gasteiger partial charge in [-0.15, -0.1) is 0 Å². The molecular weight excluding hydrogens is 455 g/mol. The highest BCUT2D eigenvalue weighted by Crippen LogP contribution is 2.41. The first kappa shape index (κ1) is 23.7. The minimum absolute atomic E-state index is 0.170. The van der Waals surface area contributed by atoms with Crippen LogP contribution in [0.2, 0.25) is 5.02 Å². The van der Waals surface area contributed by atoms with Crippen molar-refractivity contribution in [3.05, 3.63) is 52.0 Å². The van der Waals surface area contributed by atoms with E-state index >= 15 is 0 Å². The molecule has 2 aromatic rings. The van der Waals surface area contributed by atoms with E-state index in [0.717, 1.165) is 41.8 Å². The summed E-state index contributed by atoms with van der Waals surface area (Å²) in [4.78, 5) is 17.1. The summed E-state index contributed by atoms with van der Waals surface area (Å²) >= 11 is 6.02. The molecule has 0 aliphatic carbocycles. The van der Waals surface area contributed by atoms with E-state index in [-0.39, 0.29) is 17.9 Å². The highest BCUT2D eigenvalue weighted by Gasteiger charge is 2.35. The predicted octanol–water partition coefficient (Wildman–Crippen LogP) is 4.69. The molecular formula is C24H27ClF3N3O2. The summed E-state index contributed by atoms with van der Waals surface area (Å²) in [5, 5.41) is 3.08. The second-order valence-corrected chi connectivity index (χ2v) is 9.15. The Bertz CT molecular complexity index is 1050. The third kappa shape index (κ3) is 4.77. The minimum Gasteiger partial charge on any atom is -0.495 e. The number of hydrogen-bond acceptors (Lipinski definition) is 4. The van der Waals surface area contributed by atoms with Gasteiger partial charge in [-0.05, 0) is 49.6 Å². The van der Waals surface area contributed by atoms with Crippen LogP contribution in [0.4, 0.5) is 24.5 Å². The summed E-state index contributed by atoms with van der Waals surface area (Å²) < 4.78 is 45.3. The van der Waals surface area contributed by atoms with Gasteiger partial charge in [-0.1, -0.05) is 23.7 Å². The van der Waals surface area contributed by atoms with Crippen molar-refractivity contribution in [2.24, 2.45) is 0 Å². The van der Waals surface area contributed by atoms with E-state index in [2.05, 4.69) is 24.1 Å². The van der Waals surface area contributed by atoms with E-state index < -0.39 is 16.8 Å². The van der Waals surface area contributed by atoms with E-state index in [0.29, 0.717) is 25.0 Å². The van der Waals surface area contributed by atoms with E-state index in [1.54, 1.807) is 12.0 Å². The van der Waals surface area contributed by atoms with Crippen LogP contribution in [0.5, 0.6) is 5.75 Å². The number of nitrogens with one attached hydrogen (secondary N) is 1. The van der Waals surface area contributed by atoms with Crippen LogP contribution < -0.4 is 19.9 Å². The number of amides is 1. The van der Waals surface area contributed by atoms with Crippen molar-refractivity contribution in [3.63, 3.8) is 0 Å². The number of fused-ring (bicyclic) bond motifs is 1. The average molecular weight is 482 g/mol. The van der Waals surface area contributed by atoms with Crippen LogP contribution in [-0.2, 0) is 23.8 Å². The van der Waals surface area contributed by atoms with Gasteiger partial charge in [0.15, 0.2) is 0 Å². The van der Waals surface area contributed by atoms with E-state index in [1.807, 2.05) is 12.1 Å². The van der Waals surface area contributed by atoms with Gasteiger partial charge in [0.25, 0.3) is 0 Å². The van der Waals surface area contributed by atoms with Gasteiger partial charge in [0.1, 0.15) is 5.75 Å². The summed E-state index contributed by atoms with van der Waals surface area (Å²) in [5.74, 6) is 0.471. The Labute approximate surface area is 196 Å². The summed E-state index contributed by atoms with van der Waals surface area (Å²) in [6.45, 7) is 6.31. The molecule has 1 fully saturated rings. The predicted molar refractivity (Wildman–Crippen MR) is 123 cm³/mol. The molecule has 0 aromatic heterocycles. The number of carbonyl (C=O) groups is 1. The second-order valence-electron chi connectivity index (χ2n) is 8.78.